The van der Waals surface area contributed by atoms with Gasteiger partial charge in [0.2, 0.25) is 5.91 Å². The Kier molecular flexibility index (Phi) is 4.78. The molecule has 162 valence electrons. The highest BCUT2D eigenvalue weighted by atomic mass is 16.6. The van der Waals surface area contributed by atoms with Gasteiger partial charge in [-0.1, -0.05) is 38.7 Å². The van der Waals surface area contributed by atoms with Gasteiger partial charge in [0.15, 0.2) is 11.5 Å². The van der Waals surface area contributed by atoms with E-state index >= 15 is 0 Å². The predicted octanol–water partition coefficient (Wildman–Crippen LogP) is 3.43. The van der Waals surface area contributed by atoms with Crippen LogP contribution in [0, 0.1) is 0 Å². The van der Waals surface area contributed by atoms with Gasteiger partial charge in [0.1, 0.15) is 19.2 Å². The average molecular weight is 415 g/mol. The first kappa shape index (κ1) is 12.2. The summed E-state index contributed by atoms with van der Waals surface area (Å²) in [4.78, 5) is 14.1. The lowest BCUT2D eigenvalue weighted by molar-refractivity contribution is -0.123. The molecule has 0 spiro atoms. The molecule has 1 fully saturated rings. The van der Waals surface area contributed by atoms with E-state index in [9.17, 15) is 9.90 Å². The van der Waals surface area contributed by atoms with Crippen LogP contribution >= 0.6 is 0 Å². The lowest BCUT2D eigenvalue weighted by Gasteiger charge is -2.29. The molecule has 2 atom stereocenters. The summed E-state index contributed by atoms with van der Waals surface area (Å²) in [5.74, 6) is -1.13. The van der Waals surface area contributed by atoms with E-state index in [1.54, 1.807) is 0 Å². The van der Waals surface area contributed by atoms with E-state index in [0.29, 0.717) is 6.42 Å². The molecule has 0 aliphatic carbocycles. The number of unbranched alkanes of at least 4 members (excludes halogenated alkanes) is 4. The van der Waals surface area contributed by atoms with Crippen molar-refractivity contribution >= 4 is 5.91 Å². The number of ether oxygens (including phenoxy) is 2. The maximum Gasteiger partial charge on any atom is 0.220 e. The van der Waals surface area contributed by atoms with Gasteiger partial charge in [-0.2, -0.15) is 0 Å². The summed E-state index contributed by atoms with van der Waals surface area (Å²) in [7, 11) is 0. The first-order chi connectivity index (χ1) is 17.8. The number of hydrogen-bond acceptors (Lipinski definition) is 5. The van der Waals surface area contributed by atoms with Crippen molar-refractivity contribution in [3.63, 3.8) is 0 Å². The zero-order valence-electron chi connectivity index (χ0n) is 26.7. The van der Waals surface area contributed by atoms with Crippen molar-refractivity contribution < 1.29 is 33.1 Å². The topological polar surface area (TPSA) is 71.0 Å². The van der Waals surface area contributed by atoms with Crippen molar-refractivity contribution in [3.8, 4) is 11.5 Å². The molecule has 6 heteroatoms. The Morgan fingerprint density at radius 3 is 2.69 bits per heavy atom. The van der Waals surface area contributed by atoms with E-state index in [-0.39, 0.29) is 23.5 Å². The van der Waals surface area contributed by atoms with Gasteiger partial charge >= 0.3 is 0 Å². The van der Waals surface area contributed by atoms with Crippen molar-refractivity contribution in [2.45, 2.75) is 70.3 Å². The highest BCUT2D eigenvalue weighted by Crippen LogP contribution is 2.33. The summed E-state index contributed by atoms with van der Waals surface area (Å²) < 4.78 is 91.1. The number of benzene rings is 1. The molecule has 2 aliphatic rings. The molecular formula is C23H36N2O4. The van der Waals surface area contributed by atoms with Crippen molar-refractivity contribution in [2.75, 3.05) is 32.8 Å². The van der Waals surface area contributed by atoms with Crippen LogP contribution < -0.4 is 14.8 Å². The Morgan fingerprint density at radius 2 is 1.93 bits per heavy atom. The van der Waals surface area contributed by atoms with Crippen molar-refractivity contribution in [3.05, 3.63) is 23.8 Å². The summed E-state index contributed by atoms with van der Waals surface area (Å²) in [5.41, 5.74) is -0.299. The predicted molar refractivity (Wildman–Crippen MR) is 113 cm³/mol. The molecule has 1 aromatic carbocycles. The summed E-state index contributed by atoms with van der Waals surface area (Å²) in [6, 6.07) is 0.828. The Bertz CT molecular complexity index is 1040. The van der Waals surface area contributed by atoms with Gasteiger partial charge < -0.3 is 24.8 Å². The number of rotatable bonds is 11. The zero-order chi connectivity index (χ0) is 29.5. The molecule has 1 amide bonds. The Labute approximate surface area is 188 Å². The number of nitrogens with zero attached hydrogens (tertiary/aromatic N) is 1. The molecule has 2 heterocycles. The highest BCUT2D eigenvalue weighted by molar-refractivity contribution is 5.76. The Balaban J connectivity index is 1.91. The van der Waals surface area contributed by atoms with Crippen LogP contribution in [-0.2, 0) is 4.79 Å². The number of fused-ring (bicyclic) bond motifs is 1. The van der Waals surface area contributed by atoms with Gasteiger partial charge in [-0.15, -0.1) is 0 Å². The number of likely N-dealkylation sites (tertiary alicyclic amines) is 1. The molecule has 2 N–H and O–H groups in total. The Morgan fingerprint density at radius 1 is 1.21 bits per heavy atom. The third kappa shape index (κ3) is 6.61. The Hall–Kier alpha value is -1.79. The van der Waals surface area contributed by atoms with E-state index in [1.165, 1.54) is 4.90 Å². The number of nitrogens with one attached hydrogen (secondary N) is 1. The minimum Gasteiger partial charge on any atom is -0.486 e. The van der Waals surface area contributed by atoms with E-state index in [4.69, 9.17) is 23.2 Å². The van der Waals surface area contributed by atoms with Crippen LogP contribution in [0.15, 0.2) is 18.2 Å². The number of aliphatic hydroxyl groups is 1. The fourth-order valence-electron chi connectivity index (χ4n) is 3.17. The number of carbonyl (C=O) groups excluding carboxylic acids is 1. The van der Waals surface area contributed by atoms with E-state index in [0.717, 1.165) is 43.9 Å². The van der Waals surface area contributed by atoms with Gasteiger partial charge in [-0.25, -0.2) is 0 Å². The third-order valence-corrected chi connectivity index (χ3v) is 4.78. The minimum absolute atomic E-state index is 0.0263. The van der Waals surface area contributed by atoms with E-state index in [2.05, 4.69) is 12.2 Å². The number of carbonyl (C=O) groups is 1. The van der Waals surface area contributed by atoms with Crippen LogP contribution in [0.5, 0.6) is 11.5 Å². The van der Waals surface area contributed by atoms with Crippen molar-refractivity contribution in [1.29, 1.82) is 0 Å². The number of hydrogen-bond donors (Lipinski definition) is 2. The van der Waals surface area contributed by atoms with Gasteiger partial charge in [-0.3, -0.25) is 4.79 Å². The maximum absolute atomic E-state index is 12.9. The molecule has 2 aliphatic heterocycles. The molecule has 29 heavy (non-hydrogen) atoms. The normalized spacial score (nSPS) is 32.6. The second kappa shape index (κ2) is 11.4. The van der Waals surface area contributed by atoms with Crippen molar-refractivity contribution in [2.24, 2.45) is 0 Å². The first-order valence-corrected chi connectivity index (χ1v) is 10.1. The van der Waals surface area contributed by atoms with Crippen LogP contribution in [0.2, 0.25) is 0 Å². The lowest BCUT2D eigenvalue weighted by atomic mass is 10.0. The molecule has 1 aromatic rings. The number of amides is 1. The molecule has 0 saturated carbocycles. The zero-order valence-corrected chi connectivity index (χ0v) is 16.7. The van der Waals surface area contributed by atoms with Crippen LogP contribution in [0.3, 0.4) is 0 Å². The summed E-state index contributed by atoms with van der Waals surface area (Å²) in [6.45, 7) is -5.13. The molecule has 6 nitrogen and oxygen atoms in total. The standard InChI is InChI=1S/C23H36N2O4/c1-2-3-4-5-6-9-22(26)24-19(17-25-12-7-8-13-25)23(27)18-10-11-20-21(16-18)29-15-14-28-20/h10-11,16,19,23,27H,2-9,12-15,17H2,1H3,(H,24,26)/t19-,23-/m1/s1/i7D2,8D2,14D2,15D2,19D,23D. The lowest BCUT2D eigenvalue weighted by Crippen LogP contribution is -2.46. The van der Waals surface area contributed by atoms with Gasteiger partial charge in [0.25, 0.3) is 0 Å². The van der Waals surface area contributed by atoms with Gasteiger partial charge in [0.05, 0.1) is 14.2 Å². The molecule has 1 saturated heterocycles. The summed E-state index contributed by atoms with van der Waals surface area (Å²) >= 11 is 0. The highest BCUT2D eigenvalue weighted by Gasteiger charge is 2.27. The average Bonchev–Trinajstić information content (AvgIpc) is 2.98. The first-order valence-electron chi connectivity index (χ1n) is 15.1. The minimum atomic E-state index is -2.91. The third-order valence-electron chi connectivity index (χ3n) is 4.78. The van der Waals surface area contributed by atoms with Gasteiger partial charge in [0, 0.05) is 18.4 Å². The van der Waals surface area contributed by atoms with Crippen LogP contribution in [0.4, 0.5) is 0 Å². The molecular weight excluding hydrogens is 368 g/mol. The monoisotopic (exact) mass is 414 g/mol. The molecule has 0 aromatic heterocycles. The molecule has 0 bridgehead atoms. The van der Waals surface area contributed by atoms with Crippen molar-refractivity contribution in [1.82, 2.24) is 10.2 Å². The van der Waals surface area contributed by atoms with E-state index < -0.39 is 63.5 Å². The van der Waals surface area contributed by atoms with Crippen LogP contribution in [0.1, 0.15) is 83.5 Å². The van der Waals surface area contributed by atoms with Crippen LogP contribution in [0.25, 0.3) is 0 Å². The SMILES string of the molecule is [2H]C1([2H])CN(C[C@@]([2H])(NC(=O)CCCCCCC)[C@]([2H])(O)c2ccc3c(c2)OC([2H])([2H])C([2H])([2H])O3)CC1([2H])[2H]. The summed E-state index contributed by atoms with van der Waals surface area (Å²) in [5, 5.41) is 13.8. The molecule has 3 rings (SSSR count). The summed E-state index contributed by atoms with van der Waals surface area (Å²) in [6.07, 6.45) is -3.15. The van der Waals surface area contributed by atoms with E-state index in [1.807, 2.05) is 0 Å². The molecule has 0 radical (unpaired) electrons. The smallest absolute Gasteiger partial charge is 0.220 e. The molecule has 0 unspecified atom stereocenters. The second-order valence-electron chi connectivity index (χ2n) is 7.11. The maximum atomic E-state index is 12.9. The fraction of sp³-hybridized carbons (Fsp3) is 0.696. The van der Waals surface area contributed by atoms with Gasteiger partial charge in [-0.05, 0) is 50.0 Å². The fourth-order valence-corrected chi connectivity index (χ4v) is 3.17. The van der Waals surface area contributed by atoms with Crippen LogP contribution in [-0.4, -0.2) is 54.7 Å². The second-order valence-corrected chi connectivity index (χ2v) is 7.11. The quantitative estimate of drug-likeness (QED) is 0.543. The largest absolute Gasteiger partial charge is 0.486 e.